The summed E-state index contributed by atoms with van der Waals surface area (Å²) in [4.78, 5) is 37.6. The minimum absolute atomic E-state index is 0.194. The normalized spacial score (nSPS) is 19.6. The monoisotopic (exact) mass is 377 g/mol. The molecular formula is C20H27NO6. The van der Waals surface area contributed by atoms with Crippen LogP contribution in [0.25, 0.3) is 0 Å². The van der Waals surface area contributed by atoms with E-state index in [1.807, 2.05) is 0 Å². The van der Waals surface area contributed by atoms with Gasteiger partial charge >= 0.3 is 18.0 Å². The topological polar surface area (TPSA) is 82.1 Å². The summed E-state index contributed by atoms with van der Waals surface area (Å²) in [6.45, 7) is 7.55. The maximum atomic E-state index is 12.2. The van der Waals surface area contributed by atoms with E-state index in [1.54, 1.807) is 0 Å². The molecule has 0 N–H and O–H groups in total. The predicted molar refractivity (Wildman–Crippen MR) is 98.1 cm³/mol. The third-order valence-electron chi connectivity index (χ3n) is 4.40. The Balaban J connectivity index is 1.98. The van der Waals surface area contributed by atoms with Crippen LogP contribution in [0.15, 0.2) is 35.7 Å². The molecule has 1 saturated heterocycles. The molecule has 2 aliphatic heterocycles. The lowest BCUT2D eigenvalue weighted by Crippen LogP contribution is -2.42. The number of nitrogens with zero attached hydrogens (tertiary/aromatic N) is 1. The van der Waals surface area contributed by atoms with E-state index in [0.717, 1.165) is 25.7 Å². The Labute approximate surface area is 159 Å². The summed E-state index contributed by atoms with van der Waals surface area (Å²) in [6, 6.07) is 0. The molecule has 2 rings (SSSR count). The lowest BCUT2D eigenvalue weighted by molar-refractivity contribution is -0.222. The highest BCUT2D eigenvalue weighted by atomic mass is 16.7. The van der Waals surface area contributed by atoms with Crippen LogP contribution in [0.4, 0.5) is 4.79 Å². The number of carbonyl (C=O) groups is 3. The van der Waals surface area contributed by atoms with Crippen molar-refractivity contribution in [3.05, 3.63) is 35.7 Å². The van der Waals surface area contributed by atoms with Crippen molar-refractivity contribution in [2.75, 3.05) is 6.61 Å². The van der Waals surface area contributed by atoms with Gasteiger partial charge in [-0.05, 0) is 30.1 Å². The Morgan fingerprint density at radius 3 is 2.26 bits per heavy atom. The Bertz CT molecular complexity index is 651. The van der Waals surface area contributed by atoms with E-state index in [1.165, 1.54) is 43.3 Å². The molecule has 2 aliphatic rings. The first-order valence-electron chi connectivity index (χ1n) is 9.29. The molecule has 0 aromatic rings. The predicted octanol–water partition coefficient (Wildman–Crippen LogP) is 3.82. The quantitative estimate of drug-likeness (QED) is 0.398. The van der Waals surface area contributed by atoms with Gasteiger partial charge in [0.25, 0.3) is 5.79 Å². The van der Waals surface area contributed by atoms with Crippen molar-refractivity contribution in [1.82, 2.24) is 4.90 Å². The average molecular weight is 377 g/mol. The molecule has 0 aliphatic carbocycles. The molecule has 1 fully saturated rings. The van der Waals surface area contributed by atoms with Crippen LogP contribution in [0.1, 0.15) is 53.4 Å². The van der Waals surface area contributed by atoms with Crippen molar-refractivity contribution in [3.8, 4) is 0 Å². The van der Waals surface area contributed by atoms with Crippen LogP contribution in [0.3, 0.4) is 0 Å². The molecule has 1 atom stereocenters. The van der Waals surface area contributed by atoms with E-state index in [-0.39, 0.29) is 5.57 Å². The maximum absolute atomic E-state index is 12.2. The number of allylic oxidation sites excluding steroid dienone is 3. The fraction of sp³-hybridized carbons (Fsp3) is 0.550. The van der Waals surface area contributed by atoms with Crippen LogP contribution in [-0.2, 0) is 23.8 Å². The molecule has 7 nitrogen and oxygen atoms in total. The van der Waals surface area contributed by atoms with Gasteiger partial charge in [0.2, 0.25) is 0 Å². The van der Waals surface area contributed by atoms with Gasteiger partial charge in [-0.15, -0.1) is 0 Å². The summed E-state index contributed by atoms with van der Waals surface area (Å²) in [5.41, 5.74) is 0.124. The second kappa shape index (κ2) is 8.88. The number of carbonyl (C=O) groups excluding carboxylic acids is 3. The van der Waals surface area contributed by atoms with Crippen molar-refractivity contribution >= 4 is 18.0 Å². The largest absolute Gasteiger partial charge is 0.449 e. The molecule has 148 valence electrons. The highest BCUT2D eigenvalue weighted by molar-refractivity contribution is 6.16. The van der Waals surface area contributed by atoms with E-state index in [2.05, 4.69) is 13.8 Å². The van der Waals surface area contributed by atoms with E-state index in [0.29, 0.717) is 18.1 Å². The Morgan fingerprint density at radius 1 is 1.15 bits per heavy atom. The molecule has 0 aromatic carbocycles. The maximum Gasteiger partial charge on any atom is 0.417 e. The van der Waals surface area contributed by atoms with Gasteiger partial charge in [0, 0.05) is 26.2 Å². The molecule has 0 aromatic heterocycles. The second-order valence-electron chi connectivity index (χ2n) is 7.04. The van der Waals surface area contributed by atoms with Crippen molar-refractivity contribution in [2.45, 2.75) is 59.2 Å². The first-order valence-corrected chi connectivity index (χ1v) is 9.29. The van der Waals surface area contributed by atoms with Crippen LogP contribution >= 0.6 is 0 Å². The zero-order valence-corrected chi connectivity index (χ0v) is 16.3. The van der Waals surface area contributed by atoms with Gasteiger partial charge in [0.1, 0.15) is 0 Å². The molecule has 0 saturated carbocycles. The lowest BCUT2D eigenvalue weighted by Gasteiger charge is -2.30. The molecule has 7 heteroatoms. The molecule has 0 spiro atoms. The third-order valence-corrected chi connectivity index (χ3v) is 4.40. The highest BCUT2D eigenvalue weighted by Gasteiger charge is 2.40. The first kappa shape index (κ1) is 20.7. The minimum atomic E-state index is -1.29. The van der Waals surface area contributed by atoms with Crippen molar-refractivity contribution in [3.63, 3.8) is 0 Å². The summed E-state index contributed by atoms with van der Waals surface area (Å²) >= 11 is 0. The molecular weight excluding hydrogens is 350 g/mol. The molecule has 0 bridgehead atoms. The zero-order chi connectivity index (χ0) is 20.0. The van der Waals surface area contributed by atoms with Gasteiger partial charge in [-0.2, -0.15) is 0 Å². The van der Waals surface area contributed by atoms with Crippen LogP contribution in [0.5, 0.6) is 0 Å². The number of ether oxygens (including phenoxy) is 3. The van der Waals surface area contributed by atoms with Gasteiger partial charge in [-0.1, -0.05) is 33.1 Å². The summed E-state index contributed by atoms with van der Waals surface area (Å²) in [7, 11) is 0. The van der Waals surface area contributed by atoms with E-state index >= 15 is 0 Å². The third kappa shape index (κ3) is 5.45. The molecule has 1 amide bonds. The fourth-order valence-corrected chi connectivity index (χ4v) is 2.77. The lowest BCUT2D eigenvalue weighted by atomic mass is 10.0. The molecule has 2 heterocycles. The van der Waals surface area contributed by atoms with Gasteiger partial charge in [0.05, 0.1) is 6.61 Å². The number of rotatable bonds is 6. The van der Waals surface area contributed by atoms with Gasteiger partial charge in [-0.25, -0.2) is 14.4 Å². The number of hydrogen-bond donors (Lipinski definition) is 0. The Morgan fingerprint density at radius 2 is 1.74 bits per heavy atom. The second-order valence-corrected chi connectivity index (χ2v) is 7.04. The number of unbranched alkanes of at least 4 members (excludes halogenated alkanes) is 1. The smallest absolute Gasteiger partial charge is 0.417 e. The van der Waals surface area contributed by atoms with Gasteiger partial charge < -0.3 is 14.2 Å². The van der Waals surface area contributed by atoms with Crippen molar-refractivity contribution in [2.24, 2.45) is 5.92 Å². The van der Waals surface area contributed by atoms with E-state index in [9.17, 15) is 14.4 Å². The Kier molecular flexibility index (Phi) is 6.82. The number of hydrogen-bond acceptors (Lipinski definition) is 6. The van der Waals surface area contributed by atoms with E-state index in [4.69, 9.17) is 14.2 Å². The van der Waals surface area contributed by atoms with Crippen molar-refractivity contribution < 1.29 is 28.6 Å². The molecule has 27 heavy (non-hydrogen) atoms. The average Bonchev–Trinajstić information content (AvgIpc) is 2.60. The highest BCUT2D eigenvalue weighted by Crippen LogP contribution is 2.26. The number of esters is 2. The van der Waals surface area contributed by atoms with Crippen molar-refractivity contribution in [1.29, 1.82) is 0 Å². The zero-order valence-electron chi connectivity index (χ0n) is 16.3. The standard InChI is InChI=1S/C20H27NO6/c1-5-7-8-14(6-2)13-25-19(24)21-11-9-15(10-12-21)16-17(22)26-20(3,4)27-18(16)23/h9-12,14H,5-8,13H2,1-4H3. The van der Waals surface area contributed by atoms with Crippen LogP contribution in [0, 0.1) is 5.92 Å². The van der Waals surface area contributed by atoms with Gasteiger partial charge in [0.15, 0.2) is 5.57 Å². The SMILES string of the molecule is CCCCC(CC)COC(=O)N1C=CC(=C2C(=O)OC(C)(C)OC2=O)C=C1. The fourth-order valence-electron chi connectivity index (χ4n) is 2.77. The van der Waals surface area contributed by atoms with Crippen LogP contribution in [0.2, 0.25) is 0 Å². The van der Waals surface area contributed by atoms with Crippen LogP contribution in [-0.4, -0.2) is 35.3 Å². The summed E-state index contributed by atoms with van der Waals surface area (Å²) in [5, 5.41) is 0. The first-order chi connectivity index (χ1) is 12.8. The number of amides is 1. The minimum Gasteiger partial charge on any atom is -0.449 e. The Hall–Kier alpha value is -2.57. The van der Waals surface area contributed by atoms with E-state index < -0.39 is 23.8 Å². The summed E-state index contributed by atoms with van der Waals surface area (Å²) in [5.74, 6) is -2.44. The summed E-state index contributed by atoms with van der Waals surface area (Å²) in [6.07, 6.45) is 9.55. The molecule has 1 unspecified atom stereocenters. The van der Waals surface area contributed by atoms with Gasteiger partial charge in [-0.3, -0.25) is 4.90 Å². The molecule has 0 radical (unpaired) electrons. The van der Waals surface area contributed by atoms with Crippen LogP contribution < -0.4 is 0 Å². The summed E-state index contributed by atoms with van der Waals surface area (Å²) < 4.78 is 15.5. The number of cyclic esters (lactones) is 2.